The Hall–Kier alpha value is -3.96. The highest BCUT2D eigenvalue weighted by atomic mass is 16.5. The summed E-state index contributed by atoms with van der Waals surface area (Å²) in [5.74, 6) is 2.13. The minimum atomic E-state index is -0.725. The van der Waals surface area contributed by atoms with Gasteiger partial charge in [0, 0.05) is 51.9 Å². The molecule has 3 aromatic rings. The molecule has 2 amide bonds. The number of ether oxygens (including phenoxy) is 2. The Morgan fingerprint density at radius 1 is 1.16 bits per heavy atom. The monoisotopic (exact) mass is 591 g/mol. The van der Waals surface area contributed by atoms with Gasteiger partial charge in [-0.3, -0.25) is 19.5 Å². The fourth-order valence-electron chi connectivity index (χ4n) is 5.80. The van der Waals surface area contributed by atoms with Gasteiger partial charge in [-0.1, -0.05) is 6.07 Å². The smallest absolute Gasteiger partial charge is 0.255 e. The Kier molecular flexibility index (Phi) is 9.93. The van der Waals surface area contributed by atoms with E-state index in [2.05, 4.69) is 32.3 Å². The second-order valence-corrected chi connectivity index (χ2v) is 11.5. The summed E-state index contributed by atoms with van der Waals surface area (Å²) >= 11 is 0. The lowest BCUT2D eigenvalue weighted by molar-refractivity contribution is -0.130. The maximum Gasteiger partial charge on any atom is 0.255 e. The highest BCUT2D eigenvalue weighted by molar-refractivity contribution is 5.96. The maximum absolute atomic E-state index is 13.1. The van der Waals surface area contributed by atoms with E-state index in [0.29, 0.717) is 36.9 Å². The predicted molar refractivity (Wildman–Crippen MR) is 159 cm³/mol. The summed E-state index contributed by atoms with van der Waals surface area (Å²) in [5, 5.41) is 13.6. The fraction of sp³-hybridized carbons (Fsp3) is 0.500. The number of methoxy groups -OCH3 is 1. The third kappa shape index (κ3) is 7.91. The number of aliphatic hydroxyl groups excluding tert-OH is 1. The third-order valence-corrected chi connectivity index (χ3v) is 8.40. The van der Waals surface area contributed by atoms with E-state index >= 15 is 0 Å². The quantitative estimate of drug-likeness (QED) is 0.346. The zero-order valence-corrected chi connectivity index (χ0v) is 25.2. The molecule has 230 valence electrons. The van der Waals surface area contributed by atoms with Crippen LogP contribution in [0.5, 0.6) is 11.5 Å². The van der Waals surface area contributed by atoms with Gasteiger partial charge >= 0.3 is 0 Å². The molecule has 0 spiro atoms. The molecule has 0 saturated carbocycles. The van der Waals surface area contributed by atoms with Crippen LogP contribution in [0.15, 0.2) is 41.3 Å². The van der Waals surface area contributed by atoms with Crippen LogP contribution in [0.4, 0.5) is 0 Å². The van der Waals surface area contributed by atoms with Crippen LogP contribution >= 0.6 is 0 Å². The minimum Gasteiger partial charge on any atom is -0.494 e. The Morgan fingerprint density at radius 3 is 2.70 bits per heavy atom. The number of hydrogen-bond acceptors (Lipinski definition) is 9. The normalized spacial score (nSPS) is 16.4. The Bertz CT molecular complexity index is 1420. The molecule has 11 heteroatoms. The number of nitrogens with zero attached hydrogens (tertiary/aromatic N) is 4. The number of piperidine rings is 1. The number of β-amino-alcohol motifs (C(OH)–C–C–N with tert-alkyl or cyclic N) is 1. The van der Waals surface area contributed by atoms with Gasteiger partial charge in [-0.2, -0.15) is 0 Å². The van der Waals surface area contributed by atoms with E-state index in [1.165, 1.54) is 24.6 Å². The van der Waals surface area contributed by atoms with Crippen LogP contribution in [0, 0.1) is 12.8 Å². The largest absolute Gasteiger partial charge is 0.494 e. The Balaban J connectivity index is 1.10. The molecule has 2 aliphatic rings. The number of aryl methyl sites for hydroxylation is 1. The minimum absolute atomic E-state index is 0.113. The van der Waals surface area contributed by atoms with Crippen molar-refractivity contribution < 1.29 is 28.6 Å². The molecule has 0 bridgehead atoms. The number of likely N-dealkylation sites (tertiary alicyclic amines) is 1. The van der Waals surface area contributed by atoms with Gasteiger partial charge in [0.25, 0.3) is 5.91 Å². The van der Waals surface area contributed by atoms with E-state index in [9.17, 15) is 14.7 Å². The van der Waals surface area contributed by atoms with Gasteiger partial charge < -0.3 is 29.2 Å². The van der Waals surface area contributed by atoms with Crippen LogP contribution in [0.3, 0.4) is 0 Å². The number of fused-ring (bicyclic) bond motifs is 1. The van der Waals surface area contributed by atoms with Gasteiger partial charge in [0.05, 0.1) is 30.7 Å². The van der Waals surface area contributed by atoms with Gasteiger partial charge in [-0.15, -0.1) is 0 Å². The van der Waals surface area contributed by atoms with E-state index in [1.807, 2.05) is 17.9 Å². The molecule has 0 radical (unpaired) electrons. The van der Waals surface area contributed by atoms with Crippen LogP contribution < -0.4 is 14.8 Å². The van der Waals surface area contributed by atoms with Crippen molar-refractivity contribution in [3.63, 3.8) is 0 Å². The van der Waals surface area contributed by atoms with Gasteiger partial charge in [0.1, 0.15) is 18.1 Å². The number of amides is 2. The van der Waals surface area contributed by atoms with E-state index in [-0.39, 0.29) is 18.4 Å². The van der Waals surface area contributed by atoms with Crippen molar-refractivity contribution in [2.45, 2.75) is 58.8 Å². The van der Waals surface area contributed by atoms with Crippen LogP contribution in [-0.4, -0.2) is 82.6 Å². The number of oxazole rings is 1. The average Bonchev–Trinajstić information content (AvgIpc) is 3.43. The van der Waals surface area contributed by atoms with E-state index in [4.69, 9.17) is 13.9 Å². The van der Waals surface area contributed by atoms with Crippen molar-refractivity contribution in [2.24, 2.45) is 5.92 Å². The third-order valence-electron chi connectivity index (χ3n) is 8.40. The molecule has 0 aliphatic carbocycles. The summed E-state index contributed by atoms with van der Waals surface area (Å²) in [6, 6.07) is 7.87. The number of aliphatic hydroxyl groups is 1. The molecular weight excluding hydrogens is 550 g/mol. The van der Waals surface area contributed by atoms with Gasteiger partial charge in [0.15, 0.2) is 12.2 Å². The van der Waals surface area contributed by atoms with Crippen molar-refractivity contribution in [3.05, 3.63) is 70.7 Å². The second-order valence-electron chi connectivity index (χ2n) is 11.5. The van der Waals surface area contributed by atoms with E-state index < -0.39 is 6.10 Å². The zero-order chi connectivity index (χ0) is 30.3. The fourth-order valence-corrected chi connectivity index (χ4v) is 5.80. The van der Waals surface area contributed by atoms with E-state index in [1.54, 1.807) is 19.2 Å². The molecule has 1 atom stereocenters. The first-order valence-electron chi connectivity index (χ1n) is 14.9. The van der Waals surface area contributed by atoms with Crippen LogP contribution in [0.1, 0.15) is 58.4 Å². The SMILES string of the molecule is COc1cnc(CC2CCN(C(C)=O)CC2)cc1C(=O)NC[C@H](O)CN1CCc2cc(OCc3ocnc3C)ccc2C1. The highest BCUT2D eigenvalue weighted by Gasteiger charge is 2.24. The van der Waals surface area contributed by atoms with Gasteiger partial charge in [0.2, 0.25) is 5.91 Å². The lowest BCUT2D eigenvalue weighted by atomic mass is 9.91. The number of rotatable bonds is 11. The predicted octanol–water partition coefficient (Wildman–Crippen LogP) is 2.92. The molecule has 1 aromatic carbocycles. The number of pyridine rings is 1. The molecule has 0 unspecified atom stereocenters. The summed E-state index contributed by atoms with van der Waals surface area (Å²) < 4.78 is 16.7. The molecule has 4 heterocycles. The average molecular weight is 592 g/mol. The molecule has 2 aromatic heterocycles. The van der Waals surface area contributed by atoms with Crippen molar-refractivity contribution in [1.82, 2.24) is 25.1 Å². The van der Waals surface area contributed by atoms with E-state index in [0.717, 1.165) is 68.2 Å². The lowest BCUT2D eigenvalue weighted by Gasteiger charge is -2.31. The number of benzene rings is 1. The number of nitrogens with one attached hydrogen (secondary N) is 1. The highest BCUT2D eigenvalue weighted by Crippen LogP contribution is 2.26. The van der Waals surface area contributed by atoms with Crippen molar-refractivity contribution >= 4 is 11.8 Å². The second kappa shape index (κ2) is 14.0. The first-order valence-corrected chi connectivity index (χ1v) is 14.9. The summed E-state index contributed by atoms with van der Waals surface area (Å²) in [4.78, 5) is 37.4. The van der Waals surface area contributed by atoms with Crippen molar-refractivity contribution in [1.29, 1.82) is 0 Å². The maximum atomic E-state index is 13.1. The molecule has 1 fully saturated rings. The molecule has 2 N–H and O–H groups in total. The molecule has 1 saturated heterocycles. The van der Waals surface area contributed by atoms with Crippen LogP contribution in [0.25, 0.3) is 0 Å². The standard InChI is InChI=1S/C32H41N5O6/c1-21-31(43-20-35-21)19-42-28-5-4-25-17-36(9-8-24(25)13-28)18-27(39)15-34-32(40)29-14-26(33-16-30(29)41-3)12-23-6-10-37(11-7-23)22(2)38/h4-5,13-14,16,20,23,27,39H,6-12,15,17-19H2,1-3H3,(H,34,40)/t27-/m0/s1. The number of carbonyl (C=O) groups excluding carboxylic acids is 2. The van der Waals surface area contributed by atoms with Crippen molar-refractivity contribution in [3.8, 4) is 11.5 Å². The molecule has 11 nitrogen and oxygen atoms in total. The summed E-state index contributed by atoms with van der Waals surface area (Å²) in [6.07, 6.45) is 5.70. The first-order chi connectivity index (χ1) is 20.8. The van der Waals surface area contributed by atoms with Crippen LogP contribution in [-0.2, 0) is 30.8 Å². The zero-order valence-electron chi connectivity index (χ0n) is 25.2. The molecule has 5 rings (SSSR count). The molecular formula is C32H41N5O6. The van der Waals surface area contributed by atoms with Gasteiger partial charge in [-0.05, 0) is 67.9 Å². The lowest BCUT2D eigenvalue weighted by Crippen LogP contribution is -2.42. The Labute approximate surface area is 252 Å². The van der Waals surface area contributed by atoms with Crippen molar-refractivity contribution in [2.75, 3.05) is 39.8 Å². The van der Waals surface area contributed by atoms with Crippen LogP contribution in [0.2, 0.25) is 0 Å². The topological polar surface area (TPSA) is 130 Å². The number of aromatic nitrogens is 2. The number of carbonyl (C=O) groups is 2. The summed E-state index contributed by atoms with van der Waals surface area (Å²) in [5.41, 5.74) is 4.49. The Morgan fingerprint density at radius 2 is 1.98 bits per heavy atom. The number of hydrogen-bond donors (Lipinski definition) is 2. The first kappa shape index (κ1) is 30.5. The van der Waals surface area contributed by atoms with Gasteiger partial charge in [-0.25, -0.2) is 4.98 Å². The summed E-state index contributed by atoms with van der Waals surface area (Å²) in [6.45, 7) is 7.43. The summed E-state index contributed by atoms with van der Waals surface area (Å²) in [7, 11) is 1.51. The molecule has 2 aliphatic heterocycles. The molecule has 43 heavy (non-hydrogen) atoms.